The van der Waals surface area contributed by atoms with E-state index < -0.39 is 0 Å². The van der Waals surface area contributed by atoms with E-state index in [1.54, 1.807) is 0 Å². The van der Waals surface area contributed by atoms with E-state index in [1.807, 2.05) is 0 Å². The van der Waals surface area contributed by atoms with Crippen molar-refractivity contribution in [2.24, 2.45) is 11.7 Å². The molecule has 2 fully saturated rings. The summed E-state index contributed by atoms with van der Waals surface area (Å²) in [5.41, 5.74) is 5.49. The van der Waals surface area contributed by atoms with Crippen LogP contribution in [0.15, 0.2) is 0 Å². The van der Waals surface area contributed by atoms with Gasteiger partial charge in [-0.1, -0.05) is 0 Å². The Morgan fingerprint density at radius 1 is 1.53 bits per heavy atom. The number of nitrogens with zero attached hydrogens (tertiary/aromatic N) is 3. The van der Waals surface area contributed by atoms with Gasteiger partial charge in [-0.25, -0.2) is 0 Å². The second-order valence-electron chi connectivity index (χ2n) is 5.86. The number of piperidine rings is 1. The Morgan fingerprint density at radius 3 is 3.16 bits per heavy atom. The van der Waals surface area contributed by atoms with Gasteiger partial charge in [0.2, 0.25) is 5.95 Å². The molecule has 0 spiro atoms. The van der Waals surface area contributed by atoms with Gasteiger partial charge in [0.15, 0.2) is 5.82 Å². The Bertz CT molecular complexity index is 426. The first kappa shape index (κ1) is 12.9. The van der Waals surface area contributed by atoms with Crippen LogP contribution >= 0.6 is 0 Å². The second-order valence-corrected chi connectivity index (χ2v) is 5.86. The molecule has 2 atom stereocenters. The smallest absolute Gasteiger partial charge is 0.244 e. The molecule has 2 saturated heterocycles. The molecule has 0 radical (unpaired) electrons. The predicted molar refractivity (Wildman–Crippen MR) is 72.9 cm³/mol. The van der Waals surface area contributed by atoms with Gasteiger partial charge in [0.05, 0.1) is 0 Å². The Morgan fingerprint density at radius 2 is 2.42 bits per heavy atom. The van der Waals surface area contributed by atoms with E-state index in [0.717, 1.165) is 50.9 Å². The zero-order valence-electron chi connectivity index (χ0n) is 11.6. The van der Waals surface area contributed by atoms with Gasteiger partial charge < -0.3 is 15.4 Å². The molecule has 1 aromatic heterocycles. The summed E-state index contributed by atoms with van der Waals surface area (Å²) in [5.74, 6) is 2.22. The van der Waals surface area contributed by atoms with Gasteiger partial charge in [0, 0.05) is 19.7 Å². The maximum Gasteiger partial charge on any atom is 0.244 e. The van der Waals surface area contributed by atoms with Gasteiger partial charge in [-0.2, -0.15) is 4.98 Å². The van der Waals surface area contributed by atoms with Crippen molar-refractivity contribution in [2.45, 2.75) is 38.2 Å². The van der Waals surface area contributed by atoms with Gasteiger partial charge >= 0.3 is 0 Å². The number of aromatic amines is 1. The third-order valence-corrected chi connectivity index (χ3v) is 4.33. The maximum absolute atomic E-state index is 5.80. The summed E-state index contributed by atoms with van der Waals surface area (Å²) in [6.45, 7) is 5.63. The summed E-state index contributed by atoms with van der Waals surface area (Å²) in [6, 6.07) is 0. The zero-order chi connectivity index (χ0) is 13.3. The van der Waals surface area contributed by atoms with Crippen LogP contribution in [0.4, 0.5) is 5.95 Å². The molecule has 6 heteroatoms. The van der Waals surface area contributed by atoms with E-state index in [-0.39, 0.29) is 5.60 Å². The molecule has 0 aromatic carbocycles. The van der Waals surface area contributed by atoms with Gasteiger partial charge in [0.25, 0.3) is 0 Å². The van der Waals surface area contributed by atoms with Crippen LogP contribution in [-0.2, 0) is 10.3 Å². The van der Waals surface area contributed by atoms with Crippen molar-refractivity contribution in [2.75, 3.05) is 31.1 Å². The number of aromatic nitrogens is 3. The van der Waals surface area contributed by atoms with Gasteiger partial charge in [0.1, 0.15) is 5.60 Å². The Kier molecular flexibility index (Phi) is 3.45. The summed E-state index contributed by atoms with van der Waals surface area (Å²) in [7, 11) is 0. The van der Waals surface area contributed by atoms with E-state index in [4.69, 9.17) is 10.5 Å². The van der Waals surface area contributed by atoms with Gasteiger partial charge in [-0.05, 0) is 45.1 Å². The molecule has 3 N–H and O–H groups in total. The molecule has 6 nitrogen and oxygen atoms in total. The van der Waals surface area contributed by atoms with Crippen molar-refractivity contribution in [3.63, 3.8) is 0 Å². The van der Waals surface area contributed by atoms with E-state index in [0.29, 0.717) is 5.92 Å². The molecule has 2 aliphatic rings. The van der Waals surface area contributed by atoms with E-state index >= 15 is 0 Å². The van der Waals surface area contributed by atoms with Crippen molar-refractivity contribution < 1.29 is 4.74 Å². The third-order valence-electron chi connectivity index (χ3n) is 4.33. The average molecular weight is 265 g/mol. The normalized spacial score (nSPS) is 31.9. The molecule has 0 saturated carbocycles. The molecule has 2 unspecified atom stereocenters. The molecule has 0 bridgehead atoms. The molecule has 1 aromatic rings. The number of hydrogen-bond donors (Lipinski definition) is 2. The fourth-order valence-corrected chi connectivity index (χ4v) is 3.04. The van der Waals surface area contributed by atoms with Crippen LogP contribution in [0.5, 0.6) is 0 Å². The number of rotatable bonds is 3. The number of ether oxygens (including phenoxy) is 1. The van der Waals surface area contributed by atoms with Crippen molar-refractivity contribution in [3.05, 3.63) is 5.82 Å². The molecule has 0 aliphatic carbocycles. The monoisotopic (exact) mass is 265 g/mol. The number of nitrogens with one attached hydrogen (secondary N) is 1. The minimum Gasteiger partial charge on any atom is -0.367 e. The molecule has 2 aliphatic heterocycles. The van der Waals surface area contributed by atoms with Crippen LogP contribution in [0.25, 0.3) is 0 Å². The van der Waals surface area contributed by atoms with Gasteiger partial charge in [-0.3, -0.25) is 5.10 Å². The summed E-state index contributed by atoms with van der Waals surface area (Å²) in [6.07, 6.45) is 4.48. The quantitative estimate of drug-likeness (QED) is 0.852. The first-order chi connectivity index (χ1) is 9.21. The highest BCUT2D eigenvalue weighted by atomic mass is 16.5. The number of H-pyrrole nitrogens is 1. The lowest BCUT2D eigenvalue weighted by molar-refractivity contribution is 0.00966. The Hall–Kier alpha value is -1.14. The number of hydrogen-bond acceptors (Lipinski definition) is 5. The van der Waals surface area contributed by atoms with Crippen molar-refractivity contribution in [1.82, 2.24) is 15.2 Å². The maximum atomic E-state index is 5.80. The lowest BCUT2D eigenvalue weighted by atomic mass is 9.99. The molecule has 3 heterocycles. The van der Waals surface area contributed by atoms with Crippen LogP contribution in [0, 0.1) is 5.92 Å². The highest BCUT2D eigenvalue weighted by molar-refractivity contribution is 5.30. The van der Waals surface area contributed by atoms with Gasteiger partial charge in [-0.15, -0.1) is 5.10 Å². The lowest BCUT2D eigenvalue weighted by Gasteiger charge is -2.31. The highest BCUT2D eigenvalue weighted by Gasteiger charge is 2.36. The first-order valence-electron chi connectivity index (χ1n) is 7.23. The fraction of sp³-hybridized carbons (Fsp3) is 0.846. The lowest BCUT2D eigenvalue weighted by Crippen LogP contribution is -2.39. The third kappa shape index (κ3) is 2.47. The minimum atomic E-state index is -0.283. The van der Waals surface area contributed by atoms with Crippen molar-refractivity contribution in [1.29, 1.82) is 0 Å². The molecular formula is C13H23N5O. The topological polar surface area (TPSA) is 80.1 Å². The molecule has 0 amide bonds. The largest absolute Gasteiger partial charge is 0.367 e. The fourth-order valence-electron chi connectivity index (χ4n) is 3.04. The van der Waals surface area contributed by atoms with E-state index in [2.05, 4.69) is 27.0 Å². The average Bonchev–Trinajstić information content (AvgIpc) is 3.08. The molecular weight excluding hydrogens is 242 g/mol. The van der Waals surface area contributed by atoms with Crippen LogP contribution in [-0.4, -0.2) is 41.4 Å². The van der Waals surface area contributed by atoms with Crippen LogP contribution in [0.3, 0.4) is 0 Å². The van der Waals surface area contributed by atoms with Crippen molar-refractivity contribution >= 4 is 5.95 Å². The zero-order valence-corrected chi connectivity index (χ0v) is 11.6. The molecule has 19 heavy (non-hydrogen) atoms. The first-order valence-corrected chi connectivity index (χ1v) is 7.23. The minimum absolute atomic E-state index is 0.283. The second kappa shape index (κ2) is 5.09. The van der Waals surface area contributed by atoms with E-state index in [1.165, 1.54) is 12.8 Å². The predicted octanol–water partition coefficient (Wildman–Crippen LogP) is 1.01. The summed E-state index contributed by atoms with van der Waals surface area (Å²) in [4.78, 5) is 6.89. The van der Waals surface area contributed by atoms with E-state index in [9.17, 15) is 0 Å². The summed E-state index contributed by atoms with van der Waals surface area (Å²) >= 11 is 0. The summed E-state index contributed by atoms with van der Waals surface area (Å²) < 4.78 is 5.80. The number of nitrogens with two attached hydrogens (primary N) is 1. The van der Waals surface area contributed by atoms with Crippen LogP contribution in [0.2, 0.25) is 0 Å². The Labute approximate surface area is 113 Å². The Balaban J connectivity index is 1.74. The summed E-state index contributed by atoms with van der Waals surface area (Å²) in [5, 5.41) is 7.43. The molecule has 106 valence electrons. The van der Waals surface area contributed by atoms with Crippen LogP contribution in [0.1, 0.15) is 38.4 Å². The SMILES string of the molecule is CC1(c2nc(N3CCCC(CN)C3)n[nH]2)CCCO1. The highest BCUT2D eigenvalue weighted by Crippen LogP contribution is 2.34. The standard InChI is InChI=1S/C13H23N5O/c1-13(5-3-7-19-13)11-15-12(17-16-11)18-6-2-4-10(8-14)9-18/h10H,2-9,14H2,1H3,(H,15,16,17). The number of anilines is 1. The van der Waals surface area contributed by atoms with Crippen LogP contribution < -0.4 is 10.6 Å². The van der Waals surface area contributed by atoms with Crippen molar-refractivity contribution in [3.8, 4) is 0 Å². The molecule has 3 rings (SSSR count).